The minimum atomic E-state index is -0.578. The molecule has 1 aromatic rings. The monoisotopic (exact) mass is 334 g/mol. The van der Waals surface area contributed by atoms with Crippen molar-refractivity contribution in [2.24, 2.45) is 5.92 Å². The first-order chi connectivity index (χ1) is 11.1. The Morgan fingerprint density at radius 2 is 2.00 bits per heavy atom. The molecular weight excluding hydrogens is 312 g/mol. The SMILES string of the molecule is COC(=O)c1ccc(NC(=O)C2CC(=O)N(C(C)(C)C)C2)c(O)c1. The second kappa shape index (κ2) is 6.51. The van der Waals surface area contributed by atoms with Crippen LogP contribution in [0, 0.1) is 5.92 Å². The summed E-state index contributed by atoms with van der Waals surface area (Å²) in [5.41, 5.74) is 0.0356. The highest BCUT2D eigenvalue weighted by molar-refractivity contribution is 5.99. The number of benzene rings is 1. The average Bonchev–Trinajstić information content (AvgIpc) is 2.90. The van der Waals surface area contributed by atoms with Gasteiger partial charge in [-0.2, -0.15) is 0 Å². The van der Waals surface area contributed by atoms with E-state index in [1.165, 1.54) is 25.3 Å². The number of hydrogen-bond donors (Lipinski definition) is 2. The number of amides is 2. The van der Waals surface area contributed by atoms with Crippen LogP contribution in [0.1, 0.15) is 37.6 Å². The third-order valence-corrected chi connectivity index (χ3v) is 3.98. The van der Waals surface area contributed by atoms with E-state index in [1.807, 2.05) is 20.8 Å². The lowest BCUT2D eigenvalue weighted by Crippen LogP contribution is -2.42. The van der Waals surface area contributed by atoms with Crippen molar-refractivity contribution in [2.75, 3.05) is 19.0 Å². The molecule has 0 radical (unpaired) electrons. The van der Waals surface area contributed by atoms with Crippen molar-refractivity contribution in [3.05, 3.63) is 23.8 Å². The summed E-state index contributed by atoms with van der Waals surface area (Å²) < 4.78 is 4.57. The number of rotatable bonds is 3. The molecule has 0 bridgehead atoms. The number of phenols is 1. The Morgan fingerprint density at radius 1 is 1.33 bits per heavy atom. The number of nitrogens with one attached hydrogen (secondary N) is 1. The average molecular weight is 334 g/mol. The topological polar surface area (TPSA) is 95.9 Å². The largest absolute Gasteiger partial charge is 0.506 e. The minimum Gasteiger partial charge on any atom is -0.506 e. The molecule has 130 valence electrons. The summed E-state index contributed by atoms with van der Waals surface area (Å²) in [6.45, 7) is 6.10. The van der Waals surface area contributed by atoms with Gasteiger partial charge in [0.05, 0.1) is 24.3 Å². The quantitative estimate of drug-likeness (QED) is 0.649. The lowest BCUT2D eigenvalue weighted by Gasteiger charge is -2.31. The zero-order valence-corrected chi connectivity index (χ0v) is 14.3. The lowest BCUT2D eigenvalue weighted by atomic mass is 10.1. The van der Waals surface area contributed by atoms with E-state index in [4.69, 9.17) is 0 Å². The number of phenolic OH excluding ortho intramolecular Hbond substituents is 1. The molecule has 0 aromatic heterocycles. The molecule has 1 unspecified atom stereocenters. The third kappa shape index (κ3) is 3.67. The molecule has 7 heteroatoms. The van der Waals surface area contributed by atoms with E-state index in [2.05, 4.69) is 10.1 Å². The molecule has 7 nitrogen and oxygen atoms in total. The molecule has 0 saturated carbocycles. The molecule has 1 aromatic carbocycles. The second-order valence-corrected chi connectivity index (χ2v) is 6.79. The summed E-state index contributed by atoms with van der Waals surface area (Å²) in [5.74, 6) is -1.69. The standard InChI is InChI=1S/C17H22N2O5/c1-17(2,3)19-9-11(8-14(19)21)15(22)18-12-6-5-10(7-13(12)20)16(23)24-4/h5-7,11,20H,8-9H2,1-4H3,(H,18,22). The molecule has 24 heavy (non-hydrogen) atoms. The van der Waals surface area contributed by atoms with Gasteiger partial charge in [-0.05, 0) is 39.0 Å². The van der Waals surface area contributed by atoms with Crippen LogP contribution in [0.25, 0.3) is 0 Å². The fraction of sp³-hybridized carbons (Fsp3) is 0.471. The van der Waals surface area contributed by atoms with E-state index >= 15 is 0 Å². The summed E-state index contributed by atoms with van der Waals surface area (Å²) in [5, 5.41) is 12.6. The van der Waals surface area contributed by atoms with Crippen molar-refractivity contribution in [1.82, 2.24) is 4.90 Å². The predicted molar refractivity (Wildman–Crippen MR) is 87.6 cm³/mol. The van der Waals surface area contributed by atoms with Gasteiger partial charge >= 0.3 is 5.97 Å². The van der Waals surface area contributed by atoms with Gasteiger partial charge in [-0.1, -0.05) is 0 Å². The number of aromatic hydroxyl groups is 1. The molecule has 1 aliphatic rings. The number of esters is 1. The molecule has 2 amide bonds. The number of likely N-dealkylation sites (tertiary alicyclic amines) is 1. The van der Waals surface area contributed by atoms with Crippen LogP contribution in [0.5, 0.6) is 5.75 Å². The summed E-state index contributed by atoms with van der Waals surface area (Å²) in [4.78, 5) is 37.5. The van der Waals surface area contributed by atoms with Crippen LogP contribution in [0.3, 0.4) is 0 Å². The van der Waals surface area contributed by atoms with Gasteiger partial charge in [0.25, 0.3) is 0 Å². The number of carbonyl (C=O) groups is 3. The van der Waals surface area contributed by atoms with Crippen LogP contribution >= 0.6 is 0 Å². The molecule has 1 atom stereocenters. The maximum absolute atomic E-state index is 12.4. The van der Waals surface area contributed by atoms with Crippen LogP contribution in [-0.2, 0) is 14.3 Å². The fourth-order valence-corrected chi connectivity index (χ4v) is 2.65. The third-order valence-electron chi connectivity index (χ3n) is 3.98. The van der Waals surface area contributed by atoms with E-state index in [1.54, 1.807) is 4.90 Å². The predicted octanol–water partition coefficient (Wildman–Crippen LogP) is 1.76. The van der Waals surface area contributed by atoms with Gasteiger partial charge in [-0.25, -0.2) is 4.79 Å². The van der Waals surface area contributed by atoms with Gasteiger partial charge in [0.2, 0.25) is 11.8 Å². The Morgan fingerprint density at radius 3 is 2.50 bits per heavy atom. The molecular formula is C17H22N2O5. The number of ether oxygens (including phenoxy) is 1. The Balaban J connectivity index is 2.08. The summed E-state index contributed by atoms with van der Waals surface area (Å²) in [6, 6.07) is 4.10. The molecule has 1 saturated heterocycles. The van der Waals surface area contributed by atoms with E-state index in [-0.39, 0.29) is 40.8 Å². The molecule has 1 fully saturated rings. The van der Waals surface area contributed by atoms with Gasteiger partial charge in [0, 0.05) is 18.5 Å². The summed E-state index contributed by atoms with van der Waals surface area (Å²) in [6.07, 6.45) is 0.143. The van der Waals surface area contributed by atoms with Crippen LogP contribution < -0.4 is 5.32 Å². The number of methoxy groups -OCH3 is 1. The van der Waals surface area contributed by atoms with Crippen LogP contribution in [0.15, 0.2) is 18.2 Å². The van der Waals surface area contributed by atoms with Crippen LogP contribution in [0.4, 0.5) is 5.69 Å². The fourth-order valence-electron chi connectivity index (χ4n) is 2.65. The zero-order valence-electron chi connectivity index (χ0n) is 14.3. The maximum atomic E-state index is 12.4. The van der Waals surface area contributed by atoms with E-state index in [0.717, 1.165) is 0 Å². The van der Waals surface area contributed by atoms with Crippen LogP contribution in [-0.4, -0.2) is 47.0 Å². The van der Waals surface area contributed by atoms with Crippen molar-refractivity contribution in [3.63, 3.8) is 0 Å². The molecule has 0 aliphatic carbocycles. The second-order valence-electron chi connectivity index (χ2n) is 6.79. The first-order valence-corrected chi connectivity index (χ1v) is 7.66. The normalized spacial score (nSPS) is 17.8. The molecule has 0 spiro atoms. The number of carbonyl (C=O) groups excluding carboxylic acids is 3. The van der Waals surface area contributed by atoms with Crippen molar-refractivity contribution in [2.45, 2.75) is 32.7 Å². The smallest absolute Gasteiger partial charge is 0.337 e. The van der Waals surface area contributed by atoms with Gasteiger partial charge < -0.3 is 20.1 Å². The Labute approximate surface area is 140 Å². The molecule has 2 rings (SSSR count). The highest BCUT2D eigenvalue weighted by Gasteiger charge is 2.39. The van der Waals surface area contributed by atoms with Crippen LogP contribution in [0.2, 0.25) is 0 Å². The molecule has 1 aliphatic heterocycles. The Hall–Kier alpha value is -2.57. The van der Waals surface area contributed by atoms with Crippen molar-refractivity contribution < 1.29 is 24.2 Å². The van der Waals surface area contributed by atoms with Crippen molar-refractivity contribution in [3.8, 4) is 5.75 Å². The first-order valence-electron chi connectivity index (χ1n) is 7.66. The minimum absolute atomic E-state index is 0.0621. The van der Waals surface area contributed by atoms with E-state index in [0.29, 0.717) is 6.54 Å². The van der Waals surface area contributed by atoms with Gasteiger partial charge in [0.15, 0.2) is 0 Å². The number of hydrogen-bond acceptors (Lipinski definition) is 5. The van der Waals surface area contributed by atoms with Gasteiger partial charge in [0.1, 0.15) is 5.75 Å². The lowest BCUT2D eigenvalue weighted by molar-refractivity contribution is -0.131. The number of nitrogens with zero attached hydrogens (tertiary/aromatic N) is 1. The Bertz CT molecular complexity index is 678. The molecule has 2 N–H and O–H groups in total. The van der Waals surface area contributed by atoms with Gasteiger partial charge in [-0.15, -0.1) is 0 Å². The van der Waals surface area contributed by atoms with E-state index < -0.39 is 11.9 Å². The number of anilines is 1. The highest BCUT2D eigenvalue weighted by atomic mass is 16.5. The van der Waals surface area contributed by atoms with Crippen molar-refractivity contribution >= 4 is 23.5 Å². The summed E-state index contributed by atoms with van der Waals surface area (Å²) >= 11 is 0. The summed E-state index contributed by atoms with van der Waals surface area (Å²) in [7, 11) is 1.24. The van der Waals surface area contributed by atoms with Gasteiger partial charge in [-0.3, -0.25) is 9.59 Å². The highest BCUT2D eigenvalue weighted by Crippen LogP contribution is 2.29. The maximum Gasteiger partial charge on any atom is 0.337 e. The van der Waals surface area contributed by atoms with Crippen molar-refractivity contribution in [1.29, 1.82) is 0 Å². The zero-order chi connectivity index (χ0) is 18.1. The first kappa shape index (κ1) is 17.8. The Kier molecular flexibility index (Phi) is 4.82. The molecule has 1 heterocycles. The van der Waals surface area contributed by atoms with E-state index in [9.17, 15) is 19.5 Å².